The van der Waals surface area contributed by atoms with E-state index in [0.29, 0.717) is 6.61 Å². The Morgan fingerprint density at radius 1 is 0.938 bits per heavy atom. The zero-order valence-corrected chi connectivity index (χ0v) is 18.4. The topological polar surface area (TPSA) is 35.8 Å². The van der Waals surface area contributed by atoms with Crippen molar-refractivity contribution in [2.75, 3.05) is 7.11 Å². The fourth-order valence-corrected chi connectivity index (χ4v) is 3.73. The van der Waals surface area contributed by atoms with Crippen molar-refractivity contribution in [3.8, 4) is 22.7 Å². The SMILES string of the molecule is COc1cccc(CO/N=C(/C)c2cc(-c3ccc(F)cc3)n(-c3ccccc3)c2C)c1. The number of hydrogen-bond donors (Lipinski definition) is 0. The molecule has 4 nitrogen and oxygen atoms in total. The first-order chi connectivity index (χ1) is 15.6. The second kappa shape index (κ2) is 9.52. The second-order valence-electron chi connectivity index (χ2n) is 7.51. The molecule has 4 rings (SSSR count). The molecule has 1 heterocycles. The van der Waals surface area contributed by atoms with Gasteiger partial charge in [0.25, 0.3) is 0 Å². The number of methoxy groups -OCH3 is 1. The van der Waals surface area contributed by atoms with E-state index in [1.807, 2.05) is 49.4 Å². The third kappa shape index (κ3) is 4.57. The number of halogens is 1. The van der Waals surface area contributed by atoms with Crippen LogP contribution in [0, 0.1) is 12.7 Å². The highest BCUT2D eigenvalue weighted by atomic mass is 19.1. The van der Waals surface area contributed by atoms with E-state index >= 15 is 0 Å². The van der Waals surface area contributed by atoms with Crippen molar-refractivity contribution in [1.29, 1.82) is 0 Å². The van der Waals surface area contributed by atoms with E-state index in [-0.39, 0.29) is 5.82 Å². The third-order valence-electron chi connectivity index (χ3n) is 5.36. The summed E-state index contributed by atoms with van der Waals surface area (Å²) in [4.78, 5) is 5.64. The zero-order valence-electron chi connectivity index (χ0n) is 18.4. The van der Waals surface area contributed by atoms with Crippen LogP contribution >= 0.6 is 0 Å². The summed E-state index contributed by atoms with van der Waals surface area (Å²) in [6.07, 6.45) is 0. The monoisotopic (exact) mass is 428 g/mol. The van der Waals surface area contributed by atoms with Gasteiger partial charge in [-0.3, -0.25) is 0 Å². The van der Waals surface area contributed by atoms with Gasteiger partial charge in [-0.05, 0) is 79.6 Å². The molecule has 0 saturated carbocycles. The van der Waals surface area contributed by atoms with E-state index in [1.165, 1.54) is 12.1 Å². The molecule has 162 valence electrons. The summed E-state index contributed by atoms with van der Waals surface area (Å²) in [5, 5.41) is 4.36. The highest BCUT2D eigenvalue weighted by Gasteiger charge is 2.17. The summed E-state index contributed by atoms with van der Waals surface area (Å²) in [7, 11) is 1.64. The largest absolute Gasteiger partial charge is 0.497 e. The number of para-hydroxylation sites is 1. The molecule has 0 aliphatic rings. The van der Waals surface area contributed by atoms with Crippen LogP contribution in [0.5, 0.6) is 5.75 Å². The van der Waals surface area contributed by atoms with Gasteiger partial charge >= 0.3 is 0 Å². The minimum Gasteiger partial charge on any atom is -0.497 e. The number of ether oxygens (including phenoxy) is 1. The van der Waals surface area contributed by atoms with Gasteiger partial charge in [-0.25, -0.2) is 4.39 Å². The van der Waals surface area contributed by atoms with E-state index < -0.39 is 0 Å². The van der Waals surface area contributed by atoms with Crippen molar-refractivity contribution in [1.82, 2.24) is 4.57 Å². The quantitative estimate of drug-likeness (QED) is 0.247. The van der Waals surface area contributed by atoms with Crippen LogP contribution in [0.25, 0.3) is 16.9 Å². The first kappa shape index (κ1) is 21.4. The molecule has 0 saturated heterocycles. The zero-order chi connectivity index (χ0) is 22.5. The molecule has 0 unspecified atom stereocenters. The number of nitrogens with zero attached hydrogens (tertiary/aromatic N) is 2. The Morgan fingerprint density at radius 3 is 2.41 bits per heavy atom. The molecule has 32 heavy (non-hydrogen) atoms. The summed E-state index contributed by atoms with van der Waals surface area (Å²) in [6.45, 7) is 4.33. The fourth-order valence-electron chi connectivity index (χ4n) is 3.73. The Bertz CT molecular complexity index is 1230. The maximum absolute atomic E-state index is 13.5. The van der Waals surface area contributed by atoms with Crippen molar-refractivity contribution < 1.29 is 14.0 Å². The van der Waals surface area contributed by atoms with E-state index in [9.17, 15) is 4.39 Å². The minimum atomic E-state index is -0.257. The molecule has 4 aromatic rings. The predicted molar refractivity (Wildman–Crippen MR) is 126 cm³/mol. The molecule has 0 N–H and O–H groups in total. The highest BCUT2D eigenvalue weighted by molar-refractivity contribution is 6.01. The smallest absolute Gasteiger partial charge is 0.142 e. The van der Waals surface area contributed by atoms with Crippen molar-refractivity contribution in [2.45, 2.75) is 20.5 Å². The lowest BCUT2D eigenvalue weighted by Gasteiger charge is -2.12. The van der Waals surface area contributed by atoms with Gasteiger partial charge in [-0.2, -0.15) is 0 Å². The van der Waals surface area contributed by atoms with Gasteiger partial charge in [-0.1, -0.05) is 35.5 Å². The summed E-state index contributed by atoms with van der Waals surface area (Å²) < 4.78 is 20.9. The van der Waals surface area contributed by atoms with Crippen molar-refractivity contribution >= 4 is 5.71 Å². The average Bonchev–Trinajstić information content (AvgIpc) is 3.17. The lowest BCUT2D eigenvalue weighted by molar-refractivity contribution is 0.130. The van der Waals surface area contributed by atoms with Gasteiger partial charge in [0.05, 0.1) is 18.5 Å². The summed E-state index contributed by atoms with van der Waals surface area (Å²) in [5.74, 6) is 0.527. The normalized spacial score (nSPS) is 11.4. The Kier molecular flexibility index (Phi) is 6.36. The van der Waals surface area contributed by atoms with Crippen LogP contribution in [0.15, 0.2) is 90.1 Å². The van der Waals surface area contributed by atoms with Crippen LogP contribution in [-0.4, -0.2) is 17.4 Å². The van der Waals surface area contributed by atoms with Gasteiger partial charge in [0.15, 0.2) is 0 Å². The molecule has 5 heteroatoms. The molecule has 3 aromatic carbocycles. The standard InChI is InChI=1S/C27H25FN2O2/c1-19(29-32-18-21-8-7-11-25(16-21)31-3)26-17-27(22-12-14-23(28)15-13-22)30(20(26)2)24-9-5-4-6-10-24/h4-17H,18H2,1-3H3/b29-19-. The molecule has 0 amide bonds. The molecule has 0 aliphatic carbocycles. The average molecular weight is 429 g/mol. The van der Waals surface area contributed by atoms with Gasteiger partial charge in [0.2, 0.25) is 0 Å². The minimum absolute atomic E-state index is 0.257. The molecule has 0 spiro atoms. The van der Waals surface area contributed by atoms with E-state index in [1.54, 1.807) is 19.2 Å². The number of aromatic nitrogens is 1. The molecule has 1 aromatic heterocycles. The molecular formula is C27H25FN2O2. The first-order valence-corrected chi connectivity index (χ1v) is 10.4. The van der Waals surface area contributed by atoms with Gasteiger partial charge < -0.3 is 14.1 Å². The van der Waals surface area contributed by atoms with Crippen molar-refractivity contribution in [3.63, 3.8) is 0 Å². The summed E-state index contributed by atoms with van der Waals surface area (Å²) in [6, 6.07) is 26.4. The lowest BCUT2D eigenvalue weighted by Crippen LogP contribution is -2.02. The second-order valence-corrected chi connectivity index (χ2v) is 7.51. The Balaban J connectivity index is 1.67. The van der Waals surface area contributed by atoms with Crippen LogP contribution in [0.1, 0.15) is 23.7 Å². The van der Waals surface area contributed by atoms with E-state index in [2.05, 4.69) is 34.8 Å². The lowest BCUT2D eigenvalue weighted by atomic mass is 10.1. The summed E-state index contributed by atoms with van der Waals surface area (Å²) >= 11 is 0. The van der Waals surface area contributed by atoms with Crippen molar-refractivity contribution in [3.05, 3.63) is 108 Å². The number of oxime groups is 1. The van der Waals surface area contributed by atoms with Crippen LogP contribution in [-0.2, 0) is 11.4 Å². The molecule has 0 aliphatic heterocycles. The molecule has 0 atom stereocenters. The molecule has 0 fully saturated rings. The highest BCUT2D eigenvalue weighted by Crippen LogP contribution is 2.30. The van der Waals surface area contributed by atoms with Crippen LogP contribution in [0.3, 0.4) is 0 Å². The Morgan fingerprint density at radius 2 is 1.69 bits per heavy atom. The fraction of sp³-hybridized carbons (Fsp3) is 0.148. The summed E-state index contributed by atoms with van der Waals surface area (Å²) in [5.41, 5.74) is 6.66. The van der Waals surface area contributed by atoms with Crippen LogP contribution < -0.4 is 4.74 Å². The van der Waals surface area contributed by atoms with Gasteiger partial charge in [0.1, 0.15) is 18.2 Å². The number of hydrogen-bond acceptors (Lipinski definition) is 3. The maximum atomic E-state index is 13.5. The number of rotatable bonds is 7. The predicted octanol–water partition coefficient (Wildman–Crippen LogP) is 6.54. The Labute approximate surface area is 187 Å². The molecular weight excluding hydrogens is 403 g/mol. The maximum Gasteiger partial charge on any atom is 0.142 e. The van der Waals surface area contributed by atoms with E-state index in [4.69, 9.17) is 9.57 Å². The first-order valence-electron chi connectivity index (χ1n) is 10.4. The van der Waals surface area contributed by atoms with Gasteiger partial charge in [-0.15, -0.1) is 0 Å². The molecule has 0 bridgehead atoms. The van der Waals surface area contributed by atoms with E-state index in [0.717, 1.165) is 45.2 Å². The van der Waals surface area contributed by atoms with Gasteiger partial charge in [0, 0.05) is 16.9 Å². The number of benzene rings is 3. The third-order valence-corrected chi connectivity index (χ3v) is 5.36. The van der Waals surface area contributed by atoms with Crippen LogP contribution in [0.2, 0.25) is 0 Å². The van der Waals surface area contributed by atoms with Crippen LogP contribution in [0.4, 0.5) is 4.39 Å². The van der Waals surface area contributed by atoms with Crippen molar-refractivity contribution in [2.24, 2.45) is 5.16 Å². The molecule has 0 radical (unpaired) electrons. The Hall–Kier alpha value is -3.86.